The number of hydrogen-bond acceptors (Lipinski definition) is 4. The van der Waals surface area contributed by atoms with Crippen molar-refractivity contribution in [2.45, 2.75) is 6.29 Å². The third kappa shape index (κ3) is 1.54. The largest absolute Gasteiger partial charge is 0.586 e. The zero-order chi connectivity index (χ0) is 11.9. The predicted octanol–water partition coefficient (Wildman–Crippen LogP) is 1.93. The smallest absolute Gasteiger partial charge is 0.465 e. The van der Waals surface area contributed by atoms with Gasteiger partial charge in [-0.1, -0.05) is 0 Å². The van der Waals surface area contributed by atoms with Gasteiger partial charge in [0.1, 0.15) is 5.56 Å². The van der Waals surface area contributed by atoms with Crippen LogP contribution in [0.25, 0.3) is 0 Å². The second kappa shape index (κ2) is 3.29. The van der Waals surface area contributed by atoms with Gasteiger partial charge in [-0.15, -0.1) is 8.78 Å². The molecule has 0 saturated carbocycles. The molecule has 1 aliphatic rings. The van der Waals surface area contributed by atoms with E-state index in [2.05, 4.69) is 14.2 Å². The number of halogens is 3. The molecule has 86 valence electrons. The van der Waals surface area contributed by atoms with Crippen LogP contribution in [0.2, 0.25) is 0 Å². The third-order valence-electron chi connectivity index (χ3n) is 1.91. The molecule has 0 bridgehead atoms. The quantitative estimate of drug-likeness (QED) is 0.696. The molecule has 0 spiro atoms. The zero-order valence-electron chi connectivity index (χ0n) is 7.92. The summed E-state index contributed by atoms with van der Waals surface area (Å²) in [4.78, 5) is 11.2. The summed E-state index contributed by atoms with van der Waals surface area (Å²) in [6.07, 6.45) is -3.98. The lowest BCUT2D eigenvalue weighted by Gasteiger charge is -2.05. The first-order valence-electron chi connectivity index (χ1n) is 4.11. The Morgan fingerprint density at radius 2 is 1.94 bits per heavy atom. The van der Waals surface area contributed by atoms with Crippen LogP contribution in [0, 0.1) is 5.82 Å². The summed E-state index contributed by atoms with van der Waals surface area (Å²) in [5.74, 6) is -3.41. The molecular formula is C9H5F3O4. The molecule has 0 N–H and O–H groups in total. The van der Waals surface area contributed by atoms with Crippen LogP contribution in [0.4, 0.5) is 13.2 Å². The van der Waals surface area contributed by atoms with Crippen LogP contribution >= 0.6 is 0 Å². The number of esters is 1. The first-order chi connectivity index (χ1) is 7.44. The molecule has 0 atom stereocenters. The topological polar surface area (TPSA) is 44.8 Å². The molecule has 0 fully saturated rings. The number of carbonyl (C=O) groups is 1. The normalized spacial score (nSPS) is 16.0. The van der Waals surface area contributed by atoms with E-state index in [0.29, 0.717) is 0 Å². The minimum absolute atomic E-state index is 0.323. The summed E-state index contributed by atoms with van der Waals surface area (Å²) >= 11 is 0. The molecule has 2 rings (SSSR count). The highest BCUT2D eigenvalue weighted by molar-refractivity contribution is 5.93. The van der Waals surface area contributed by atoms with Gasteiger partial charge in [-0.2, -0.15) is 0 Å². The Hall–Kier alpha value is -1.92. The Balaban J connectivity index is 2.54. The maximum absolute atomic E-state index is 13.1. The van der Waals surface area contributed by atoms with Crippen LogP contribution in [0.5, 0.6) is 11.5 Å². The van der Waals surface area contributed by atoms with E-state index >= 15 is 0 Å². The summed E-state index contributed by atoms with van der Waals surface area (Å²) < 4.78 is 50.8. The molecule has 16 heavy (non-hydrogen) atoms. The Labute approximate surface area is 87.5 Å². The fourth-order valence-corrected chi connectivity index (χ4v) is 1.26. The Bertz CT molecular complexity index is 458. The van der Waals surface area contributed by atoms with Gasteiger partial charge in [0.25, 0.3) is 0 Å². The van der Waals surface area contributed by atoms with Crippen LogP contribution in [-0.2, 0) is 4.74 Å². The van der Waals surface area contributed by atoms with Gasteiger partial charge >= 0.3 is 12.3 Å². The van der Waals surface area contributed by atoms with Crippen LogP contribution in [0.15, 0.2) is 12.1 Å². The minimum atomic E-state index is -3.98. The van der Waals surface area contributed by atoms with Gasteiger partial charge in [0.2, 0.25) is 5.75 Å². The molecular weight excluding hydrogens is 229 g/mol. The number of carbonyl (C=O) groups excluding carboxylic acids is 1. The van der Waals surface area contributed by atoms with Gasteiger partial charge < -0.3 is 14.2 Å². The molecule has 0 aromatic heterocycles. The average molecular weight is 234 g/mol. The van der Waals surface area contributed by atoms with Gasteiger partial charge in [-0.25, -0.2) is 9.18 Å². The fraction of sp³-hybridized carbons (Fsp3) is 0.222. The van der Waals surface area contributed by atoms with Crippen LogP contribution in [0.1, 0.15) is 10.4 Å². The van der Waals surface area contributed by atoms with E-state index in [1.54, 1.807) is 0 Å². The van der Waals surface area contributed by atoms with Gasteiger partial charge in [0, 0.05) is 0 Å². The highest BCUT2D eigenvalue weighted by Gasteiger charge is 2.47. The lowest BCUT2D eigenvalue weighted by atomic mass is 10.2. The number of benzene rings is 1. The summed E-state index contributed by atoms with van der Waals surface area (Å²) in [6, 6.07) is 1.79. The van der Waals surface area contributed by atoms with Crippen molar-refractivity contribution in [3.8, 4) is 11.5 Å². The van der Waals surface area contributed by atoms with Crippen LogP contribution in [0.3, 0.4) is 0 Å². The zero-order valence-corrected chi connectivity index (χ0v) is 7.92. The molecule has 1 aromatic carbocycles. The summed E-state index contributed by atoms with van der Waals surface area (Å²) in [6.45, 7) is 0. The Morgan fingerprint density at radius 1 is 1.31 bits per heavy atom. The SMILES string of the molecule is COC(=O)c1ccc(F)c2c1OC(F)(F)O2. The van der Waals surface area contributed by atoms with Crippen molar-refractivity contribution in [1.29, 1.82) is 0 Å². The van der Waals surface area contributed by atoms with Crippen LogP contribution in [-0.4, -0.2) is 19.4 Å². The fourth-order valence-electron chi connectivity index (χ4n) is 1.26. The van der Waals surface area contributed by atoms with Crippen molar-refractivity contribution in [3.63, 3.8) is 0 Å². The maximum Gasteiger partial charge on any atom is 0.586 e. The molecule has 0 radical (unpaired) electrons. The van der Waals surface area contributed by atoms with Gasteiger partial charge in [0.15, 0.2) is 11.6 Å². The summed E-state index contributed by atoms with van der Waals surface area (Å²) in [5.41, 5.74) is -0.323. The average Bonchev–Trinajstić information content (AvgIpc) is 2.54. The number of ether oxygens (including phenoxy) is 3. The molecule has 0 saturated heterocycles. The van der Waals surface area contributed by atoms with Crippen molar-refractivity contribution in [2.75, 3.05) is 7.11 Å². The molecule has 0 amide bonds. The van der Waals surface area contributed by atoms with E-state index in [4.69, 9.17) is 0 Å². The van der Waals surface area contributed by atoms with E-state index in [0.717, 1.165) is 19.2 Å². The summed E-state index contributed by atoms with van der Waals surface area (Å²) in [5, 5.41) is 0. The Morgan fingerprint density at radius 3 is 2.56 bits per heavy atom. The van der Waals surface area contributed by atoms with Gasteiger partial charge in [-0.05, 0) is 12.1 Å². The maximum atomic E-state index is 13.1. The standard InChI is InChI=1S/C9H5F3O4/c1-14-8(13)4-2-3-5(10)7-6(4)15-9(11,12)16-7/h2-3H,1H3. The number of rotatable bonds is 1. The second-order valence-electron chi connectivity index (χ2n) is 2.91. The third-order valence-corrected chi connectivity index (χ3v) is 1.91. The molecule has 0 aliphatic carbocycles. The first kappa shape index (κ1) is 10.6. The van der Waals surface area contributed by atoms with Crippen LogP contribution < -0.4 is 9.47 Å². The number of alkyl halides is 2. The van der Waals surface area contributed by atoms with E-state index in [1.807, 2.05) is 0 Å². The summed E-state index contributed by atoms with van der Waals surface area (Å²) in [7, 11) is 1.06. The molecule has 1 aromatic rings. The Kier molecular flexibility index (Phi) is 2.18. The lowest BCUT2D eigenvalue weighted by molar-refractivity contribution is -0.287. The highest BCUT2D eigenvalue weighted by atomic mass is 19.3. The molecule has 1 aliphatic heterocycles. The van der Waals surface area contributed by atoms with E-state index in [-0.39, 0.29) is 5.56 Å². The number of fused-ring (bicyclic) bond motifs is 1. The van der Waals surface area contributed by atoms with Gasteiger partial charge in [0.05, 0.1) is 7.11 Å². The van der Waals surface area contributed by atoms with Crippen molar-refractivity contribution in [1.82, 2.24) is 0 Å². The van der Waals surface area contributed by atoms with Crippen molar-refractivity contribution in [3.05, 3.63) is 23.5 Å². The highest BCUT2D eigenvalue weighted by Crippen LogP contribution is 2.45. The monoisotopic (exact) mass is 234 g/mol. The van der Waals surface area contributed by atoms with Gasteiger partial charge in [-0.3, -0.25) is 0 Å². The minimum Gasteiger partial charge on any atom is -0.465 e. The number of hydrogen-bond donors (Lipinski definition) is 0. The molecule has 1 heterocycles. The predicted molar refractivity (Wildman–Crippen MR) is 43.9 cm³/mol. The number of methoxy groups -OCH3 is 1. The molecule has 4 nitrogen and oxygen atoms in total. The van der Waals surface area contributed by atoms with Crippen molar-refractivity contribution < 1.29 is 32.2 Å². The first-order valence-corrected chi connectivity index (χ1v) is 4.11. The second-order valence-corrected chi connectivity index (χ2v) is 2.91. The van der Waals surface area contributed by atoms with E-state index < -0.39 is 29.6 Å². The van der Waals surface area contributed by atoms with Crippen molar-refractivity contribution >= 4 is 5.97 Å². The molecule has 0 unspecified atom stereocenters. The molecule has 7 heteroatoms. The lowest BCUT2D eigenvalue weighted by Crippen LogP contribution is -2.26. The van der Waals surface area contributed by atoms with E-state index in [9.17, 15) is 18.0 Å². The van der Waals surface area contributed by atoms with Crippen molar-refractivity contribution in [2.24, 2.45) is 0 Å². The van der Waals surface area contributed by atoms with E-state index in [1.165, 1.54) is 0 Å².